The molecule has 0 spiro atoms. The fraction of sp³-hybridized carbons (Fsp3) is 0.867. The van der Waals surface area contributed by atoms with E-state index in [1.54, 1.807) is 0 Å². The Hall–Kier alpha value is -0.600. The highest BCUT2D eigenvalue weighted by Crippen LogP contribution is 2.17. The summed E-state index contributed by atoms with van der Waals surface area (Å²) in [7, 11) is 0. The number of rotatable bonds is 7. The van der Waals surface area contributed by atoms with Crippen molar-refractivity contribution >= 4 is 36.6 Å². The minimum atomic E-state index is -0.582. The van der Waals surface area contributed by atoms with Gasteiger partial charge in [0.1, 0.15) is 0 Å². The third kappa shape index (κ3) is 8.48. The summed E-state index contributed by atoms with van der Waals surface area (Å²) >= 11 is 0. The van der Waals surface area contributed by atoms with Crippen molar-refractivity contribution in [3.63, 3.8) is 0 Å². The number of morpholine rings is 1. The lowest BCUT2D eigenvalue weighted by atomic mass is 10.0. The lowest BCUT2D eigenvalue weighted by Crippen LogP contribution is -2.55. The number of hydrogen-bond acceptors (Lipinski definition) is 5. The van der Waals surface area contributed by atoms with E-state index in [-0.39, 0.29) is 54.6 Å². The molecule has 1 atom stereocenters. The van der Waals surface area contributed by atoms with E-state index in [2.05, 4.69) is 29.4 Å². The highest BCUT2D eigenvalue weighted by atomic mass is 35.5. The van der Waals surface area contributed by atoms with Gasteiger partial charge in [-0.15, -0.1) is 24.8 Å². The zero-order valence-corrected chi connectivity index (χ0v) is 16.6. The zero-order chi connectivity index (χ0) is 16.8. The van der Waals surface area contributed by atoms with Crippen LogP contribution in [-0.2, 0) is 14.3 Å². The summed E-state index contributed by atoms with van der Waals surface area (Å²) < 4.78 is 5.46. The topological polar surface area (TPSA) is 96.7 Å². The Kier molecular flexibility index (Phi) is 12.7. The van der Waals surface area contributed by atoms with Crippen LogP contribution in [0, 0.1) is 5.92 Å². The van der Waals surface area contributed by atoms with E-state index in [4.69, 9.17) is 10.5 Å². The molecule has 2 amide bonds. The molecule has 1 heterocycles. The van der Waals surface area contributed by atoms with Crippen LogP contribution in [0.3, 0.4) is 0 Å². The average molecular weight is 387 g/mol. The Morgan fingerprint density at radius 3 is 2.42 bits per heavy atom. The van der Waals surface area contributed by atoms with Gasteiger partial charge in [-0.1, -0.05) is 13.8 Å². The van der Waals surface area contributed by atoms with Crippen LogP contribution in [0.4, 0.5) is 0 Å². The predicted octanol–water partition coefficient (Wildman–Crippen LogP) is 0.157. The molecule has 0 aromatic rings. The van der Waals surface area contributed by atoms with Crippen LogP contribution in [0.2, 0.25) is 0 Å². The van der Waals surface area contributed by atoms with E-state index in [0.29, 0.717) is 13.2 Å². The molecule has 0 saturated carbocycles. The van der Waals surface area contributed by atoms with Gasteiger partial charge in [0.25, 0.3) is 0 Å². The SMILES string of the molecule is CC(C)[C@H](N)C(=O)NCC(=O)NCCN1CCOCC1(C)C.Cl.Cl. The monoisotopic (exact) mass is 386 g/mol. The van der Waals surface area contributed by atoms with Crippen LogP contribution in [0.25, 0.3) is 0 Å². The highest BCUT2D eigenvalue weighted by molar-refractivity contribution is 5.87. The van der Waals surface area contributed by atoms with Gasteiger partial charge < -0.3 is 21.1 Å². The van der Waals surface area contributed by atoms with E-state index in [1.807, 2.05) is 13.8 Å². The lowest BCUT2D eigenvalue weighted by Gasteiger charge is -2.42. The molecule has 1 aliphatic rings. The molecule has 1 rings (SSSR count). The number of ether oxygens (including phenoxy) is 1. The lowest BCUT2D eigenvalue weighted by molar-refractivity contribution is -0.127. The molecule has 144 valence electrons. The van der Waals surface area contributed by atoms with E-state index < -0.39 is 6.04 Å². The first-order valence-electron chi connectivity index (χ1n) is 7.87. The van der Waals surface area contributed by atoms with Crippen molar-refractivity contribution in [1.82, 2.24) is 15.5 Å². The summed E-state index contributed by atoms with van der Waals surface area (Å²) in [5.41, 5.74) is 5.70. The second-order valence-corrected chi connectivity index (χ2v) is 6.69. The van der Waals surface area contributed by atoms with E-state index in [9.17, 15) is 9.59 Å². The molecule has 24 heavy (non-hydrogen) atoms. The molecule has 4 N–H and O–H groups in total. The number of nitrogens with zero attached hydrogens (tertiary/aromatic N) is 1. The van der Waals surface area contributed by atoms with Crippen molar-refractivity contribution in [3.05, 3.63) is 0 Å². The van der Waals surface area contributed by atoms with Crippen LogP contribution in [-0.4, -0.2) is 67.7 Å². The van der Waals surface area contributed by atoms with Gasteiger partial charge in [-0.05, 0) is 19.8 Å². The predicted molar refractivity (Wildman–Crippen MR) is 99.8 cm³/mol. The maximum Gasteiger partial charge on any atom is 0.239 e. The molecular formula is C15H32Cl2N4O3. The standard InChI is InChI=1S/C15H30N4O3.2ClH/c1-11(2)13(16)14(21)18-9-12(20)17-5-6-19-7-8-22-10-15(19,3)4;;/h11,13H,5-10,16H2,1-4H3,(H,17,20)(H,18,21);2*1H/t13-;;/m0../s1. The first kappa shape index (κ1) is 25.6. The Morgan fingerprint density at radius 2 is 1.88 bits per heavy atom. The molecule has 1 saturated heterocycles. The Morgan fingerprint density at radius 1 is 1.25 bits per heavy atom. The number of nitrogens with one attached hydrogen (secondary N) is 2. The van der Waals surface area contributed by atoms with Gasteiger partial charge in [0, 0.05) is 25.2 Å². The summed E-state index contributed by atoms with van der Waals surface area (Å²) in [6, 6.07) is -0.582. The summed E-state index contributed by atoms with van der Waals surface area (Å²) in [6.07, 6.45) is 0. The first-order chi connectivity index (χ1) is 10.2. The molecule has 0 bridgehead atoms. The molecule has 0 radical (unpaired) electrons. The second-order valence-electron chi connectivity index (χ2n) is 6.69. The first-order valence-corrected chi connectivity index (χ1v) is 7.87. The summed E-state index contributed by atoms with van der Waals surface area (Å²) in [6.45, 7) is 11.6. The molecule has 7 nitrogen and oxygen atoms in total. The van der Waals surface area contributed by atoms with E-state index in [0.717, 1.165) is 19.7 Å². The van der Waals surface area contributed by atoms with Crippen LogP contribution in [0.1, 0.15) is 27.7 Å². The highest BCUT2D eigenvalue weighted by Gasteiger charge is 2.29. The molecule has 0 aromatic heterocycles. The average Bonchev–Trinajstić information content (AvgIpc) is 2.45. The minimum absolute atomic E-state index is 0. The number of hydrogen-bond donors (Lipinski definition) is 3. The van der Waals surface area contributed by atoms with Crippen molar-refractivity contribution in [2.45, 2.75) is 39.3 Å². The van der Waals surface area contributed by atoms with Gasteiger partial charge in [0.15, 0.2) is 0 Å². The Bertz CT molecular complexity index is 395. The molecule has 9 heteroatoms. The fourth-order valence-electron chi connectivity index (χ4n) is 2.29. The van der Waals surface area contributed by atoms with Crippen LogP contribution in [0.5, 0.6) is 0 Å². The largest absolute Gasteiger partial charge is 0.378 e. The third-order valence-corrected chi connectivity index (χ3v) is 3.96. The van der Waals surface area contributed by atoms with Crippen molar-refractivity contribution in [2.75, 3.05) is 39.4 Å². The number of nitrogens with two attached hydrogens (primary N) is 1. The van der Waals surface area contributed by atoms with Gasteiger partial charge >= 0.3 is 0 Å². The number of amides is 2. The molecular weight excluding hydrogens is 355 g/mol. The number of carbonyl (C=O) groups excluding carboxylic acids is 2. The molecule has 1 fully saturated rings. The maximum absolute atomic E-state index is 11.7. The van der Waals surface area contributed by atoms with E-state index >= 15 is 0 Å². The van der Waals surface area contributed by atoms with Gasteiger partial charge in [0.05, 0.1) is 25.8 Å². The van der Waals surface area contributed by atoms with Crippen molar-refractivity contribution in [1.29, 1.82) is 0 Å². The summed E-state index contributed by atoms with van der Waals surface area (Å²) in [5, 5.41) is 5.37. The molecule has 0 aromatic carbocycles. The van der Waals surface area contributed by atoms with Crippen LogP contribution < -0.4 is 16.4 Å². The quantitative estimate of drug-likeness (QED) is 0.578. The second kappa shape index (κ2) is 11.9. The van der Waals surface area contributed by atoms with Gasteiger partial charge in [-0.3, -0.25) is 14.5 Å². The van der Waals surface area contributed by atoms with Crippen LogP contribution in [0.15, 0.2) is 0 Å². The minimum Gasteiger partial charge on any atom is -0.378 e. The molecule has 1 aliphatic heterocycles. The Balaban J connectivity index is 0. The maximum atomic E-state index is 11.7. The number of carbonyl (C=O) groups is 2. The van der Waals surface area contributed by atoms with E-state index in [1.165, 1.54) is 0 Å². The van der Waals surface area contributed by atoms with Gasteiger partial charge in [-0.25, -0.2) is 0 Å². The van der Waals surface area contributed by atoms with Gasteiger partial charge in [-0.2, -0.15) is 0 Å². The number of halogens is 2. The smallest absolute Gasteiger partial charge is 0.239 e. The zero-order valence-electron chi connectivity index (χ0n) is 15.0. The van der Waals surface area contributed by atoms with Crippen molar-refractivity contribution in [2.24, 2.45) is 11.7 Å². The normalized spacial score (nSPS) is 18.1. The van der Waals surface area contributed by atoms with Crippen LogP contribution >= 0.6 is 24.8 Å². The molecule has 0 unspecified atom stereocenters. The summed E-state index contributed by atoms with van der Waals surface area (Å²) in [5.74, 6) is -0.443. The third-order valence-electron chi connectivity index (χ3n) is 3.96. The summed E-state index contributed by atoms with van der Waals surface area (Å²) in [4.78, 5) is 25.7. The van der Waals surface area contributed by atoms with Crippen molar-refractivity contribution < 1.29 is 14.3 Å². The fourth-order valence-corrected chi connectivity index (χ4v) is 2.29. The van der Waals surface area contributed by atoms with Gasteiger partial charge in [0.2, 0.25) is 11.8 Å². The van der Waals surface area contributed by atoms with Crippen molar-refractivity contribution in [3.8, 4) is 0 Å². The molecule has 0 aliphatic carbocycles. The Labute approximate surface area is 157 Å².